The number of nitrogens with one attached hydrogen (secondary N) is 2. The molecule has 1 atom stereocenters. The first kappa shape index (κ1) is 20.7. The molecule has 1 aromatic heterocycles. The molecule has 0 fully saturated rings. The topological polar surface area (TPSA) is 104 Å². The molecule has 0 aliphatic carbocycles. The second-order valence-electron chi connectivity index (χ2n) is 4.52. The van der Waals surface area contributed by atoms with Crippen LogP contribution in [0.25, 0.3) is 0 Å². The van der Waals surface area contributed by atoms with Gasteiger partial charge in [0.05, 0.1) is 11.0 Å². The van der Waals surface area contributed by atoms with E-state index in [9.17, 15) is 14.4 Å². The van der Waals surface area contributed by atoms with Gasteiger partial charge in [0.25, 0.3) is 0 Å². The van der Waals surface area contributed by atoms with E-state index in [0.717, 1.165) is 0 Å². The van der Waals surface area contributed by atoms with Crippen molar-refractivity contribution in [3.05, 3.63) is 0 Å². The van der Waals surface area contributed by atoms with Crippen LogP contribution in [0.5, 0.6) is 0 Å². The molecule has 1 unspecified atom stereocenters. The highest BCUT2D eigenvalue weighted by Gasteiger charge is 2.19. The Morgan fingerprint density at radius 2 is 1.83 bits per heavy atom. The molecule has 0 spiro atoms. The molecule has 0 aliphatic heterocycles. The first-order chi connectivity index (χ1) is 11.4. The van der Waals surface area contributed by atoms with E-state index in [1.165, 1.54) is 41.9 Å². The molecule has 4 amide bonds. The summed E-state index contributed by atoms with van der Waals surface area (Å²) in [6, 6.07) is -0.545. The van der Waals surface area contributed by atoms with E-state index in [1.54, 1.807) is 11.8 Å². The van der Waals surface area contributed by atoms with Gasteiger partial charge in [-0.15, -0.1) is 10.2 Å². The summed E-state index contributed by atoms with van der Waals surface area (Å²) in [5, 5.41) is 12.1. The molecule has 0 radical (unpaired) electrons. The first-order valence-corrected chi connectivity index (χ1v) is 10.0. The Labute approximate surface area is 153 Å². The smallest absolute Gasteiger partial charge is 0.321 e. The van der Waals surface area contributed by atoms with Crippen LogP contribution >= 0.6 is 34.9 Å². The summed E-state index contributed by atoms with van der Waals surface area (Å²) < 4.78 is 1.30. The van der Waals surface area contributed by atoms with Crippen LogP contribution in [0.3, 0.4) is 0 Å². The quantitative estimate of drug-likeness (QED) is 0.646. The van der Waals surface area contributed by atoms with Crippen molar-refractivity contribution < 1.29 is 14.4 Å². The maximum Gasteiger partial charge on any atom is 0.321 e. The Morgan fingerprint density at radius 1 is 1.21 bits per heavy atom. The largest absolute Gasteiger partial charge is 0.343 e. The normalized spacial score (nSPS) is 11.7. The zero-order valence-corrected chi connectivity index (χ0v) is 16.4. The van der Waals surface area contributed by atoms with E-state index in [0.29, 0.717) is 27.5 Å². The molecule has 8 nitrogen and oxygen atoms in total. The Hall–Kier alpha value is -1.33. The monoisotopic (exact) mass is 391 g/mol. The minimum absolute atomic E-state index is 0.0627. The fraction of sp³-hybridized carbons (Fsp3) is 0.615. The predicted octanol–water partition coefficient (Wildman–Crippen LogP) is 1.43. The van der Waals surface area contributed by atoms with Crippen LogP contribution in [0.4, 0.5) is 4.79 Å². The van der Waals surface area contributed by atoms with Crippen LogP contribution in [0.1, 0.15) is 20.8 Å². The number of carbonyl (C=O) groups is 3. The molecule has 24 heavy (non-hydrogen) atoms. The number of thioether (sulfide) groups is 2. The SMILES string of the molecule is CCN(CC)C(=O)CSc1nnc(SC(C)C(=O)NC(=O)NC)s1. The summed E-state index contributed by atoms with van der Waals surface area (Å²) in [6.45, 7) is 6.94. The van der Waals surface area contributed by atoms with Crippen LogP contribution < -0.4 is 10.6 Å². The van der Waals surface area contributed by atoms with Crippen molar-refractivity contribution in [1.82, 2.24) is 25.7 Å². The molecule has 0 aliphatic rings. The maximum absolute atomic E-state index is 11.9. The Kier molecular flexibility index (Phi) is 9.08. The van der Waals surface area contributed by atoms with Crippen molar-refractivity contribution in [3.63, 3.8) is 0 Å². The van der Waals surface area contributed by atoms with Gasteiger partial charge in [0.15, 0.2) is 8.68 Å². The van der Waals surface area contributed by atoms with Crippen LogP contribution in [0.15, 0.2) is 8.68 Å². The third-order valence-electron chi connectivity index (χ3n) is 2.93. The summed E-state index contributed by atoms with van der Waals surface area (Å²) >= 11 is 3.88. The average Bonchev–Trinajstić information content (AvgIpc) is 3.01. The van der Waals surface area contributed by atoms with Crippen LogP contribution in [0, 0.1) is 0 Å². The molecular weight excluding hydrogens is 370 g/mol. The molecule has 1 rings (SSSR count). The fourth-order valence-corrected chi connectivity index (χ4v) is 4.64. The lowest BCUT2D eigenvalue weighted by Crippen LogP contribution is -2.41. The highest BCUT2D eigenvalue weighted by molar-refractivity contribution is 8.04. The maximum atomic E-state index is 11.9. The zero-order chi connectivity index (χ0) is 18.1. The van der Waals surface area contributed by atoms with Crippen molar-refractivity contribution in [1.29, 1.82) is 0 Å². The van der Waals surface area contributed by atoms with Gasteiger partial charge in [-0.25, -0.2) is 4.79 Å². The molecule has 0 bridgehead atoms. The Bertz CT molecular complexity index is 577. The van der Waals surface area contributed by atoms with Crippen LogP contribution in [-0.4, -0.2) is 64.1 Å². The Morgan fingerprint density at radius 3 is 2.42 bits per heavy atom. The fourth-order valence-electron chi connectivity index (χ4n) is 1.57. The van der Waals surface area contributed by atoms with Gasteiger partial charge < -0.3 is 10.2 Å². The van der Waals surface area contributed by atoms with E-state index < -0.39 is 17.2 Å². The van der Waals surface area contributed by atoms with Gasteiger partial charge in [0, 0.05) is 20.1 Å². The van der Waals surface area contributed by atoms with Gasteiger partial charge in [0.2, 0.25) is 11.8 Å². The van der Waals surface area contributed by atoms with E-state index in [-0.39, 0.29) is 5.91 Å². The summed E-state index contributed by atoms with van der Waals surface area (Å²) in [7, 11) is 1.44. The summed E-state index contributed by atoms with van der Waals surface area (Å²) in [5.41, 5.74) is 0. The number of hydrogen-bond donors (Lipinski definition) is 2. The highest BCUT2D eigenvalue weighted by Crippen LogP contribution is 2.31. The van der Waals surface area contributed by atoms with Crippen LogP contribution in [-0.2, 0) is 9.59 Å². The predicted molar refractivity (Wildman–Crippen MR) is 96.5 cm³/mol. The van der Waals surface area contributed by atoms with Crippen molar-refractivity contribution in [2.24, 2.45) is 0 Å². The first-order valence-electron chi connectivity index (χ1n) is 7.34. The van der Waals surface area contributed by atoms with Crippen molar-refractivity contribution >= 4 is 52.7 Å². The van der Waals surface area contributed by atoms with Gasteiger partial charge in [-0.1, -0.05) is 34.9 Å². The molecule has 0 saturated carbocycles. The van der Waals surface area contributed by atoms with E-state index in [1.807, 2.05) is 13.8 Å². The molecule has 1 heterocycles. The number of hydrogen-bond acceptors (Lipinski definition) is 8. The van der Waals surface area contributed by atoms with E-state index >= 15 is 0 Å². The minimum atomic E-state index is -0.545. The average molecular weight is 392 g/mol. The second-order valence-corrected chi connectivity index (χ2v) is 8.30. The number of aromatic nitrogens is 2. The molecule has 134 valence electrons. The van der Waals surface area contributed by atoms with Crippen molar-refractivity contribution in [2.45, 2.75) is 34.7 Å². The molecule has 0 aromatic carbocycles. The summed E-state index contributed by atoms with van der Waals surface area (Å²) in [4.78, 5) is 36.6. The standard InChI is InChI=1S/C13H21N5O3S3/c1-5-18(6-2)9(19)7-22-12-16-17-13(24-12)23-8(3)10(20)15-11(21)14-4/h8H,5-7H2,1-4H3,(H2,14,15,20,21). The van der Waals surface area contributed by atoms with Gasteiger partial charge in [-0.3, -0.25) is 14.9 Å². The molecule has 11 heteroatoms. The molecule has 0 saturated heterocycles. The number of imide groups is 1. The van der Waals surface area contributed by atoms with Gasteiger partial charge >= 0.3 is 6.03 Å². The number of urea groups is 1. The van der Waals surface area contributed by atoms with Crippen molar-refractivity contribution in [3.8, 4) is 0 Å². The lowest BCUT2D eigenvalue weighted by molar-refractivity contribution is -0.128. The second kappa shape index (κ2) is 10.5. The van der Waals surface area contributed by atoms with Gasteiger partial charge in [0.1, 0.15) is 0 Å². The molecule has 1 aromatic rings. The lowest BCUT2D eigenvalue weighted by Gasteiger charge is -2.17. The van der Waals surface area contributed by atoms with Gasteiger partial charge in [-0.2, -0.15) is 0 Å². The third kappa shape index (κ3) is 6.65. The molecular formula is C13H21N5O3S3. The third-order valence-corrected chi connectivity index (χ3v) is 6.16. The number of amides is 4. The Balaban J connectivity index is 2.49. The van der Waals surface area contributed by atoms with E-state index in [2.05, 4.69) is 20.8 Å². The molecule has 2 N–H and O–H groups in total. The zero-order valence-electron chi connectivity index (χ0n) is 14.0. The minimum Gasteiger partial charge on any atom is -0.343 e. The van der Waals surface area contributed by atoms with Crippen molar-refractivity contribution in [2.75, 3.05) is 25.9 Å². The number of carbonyl (C=O) groups excluding carboxylic acids is 3. The van der Waals surface area contributed by atoms with Gasteiger partial charge in [-0.05, 0) is 20.8 Å². The van der Waals surface area contributed by atoms with E-state index in [4.69, 9.17) is 0 Å². The van der Waals surface area contributed by atoms with Crippen LogP contribution in [0.2, 0.25) is 0 Å². The summed E-state index contributed by atoms with van der Waals surface area (Å²) in [6.07, 6.45) is 0. The summed E-state index contributed by atoms with van der Waals surface area (Å²) in [5.74, 6) is -0.0265. The number of nitrogens with zero attached hydrogens (tertiary/aromatic N) is 3. The lowest BCUT2D eigenvalue weighted by atomic mass is 10.4. The number of rotatable bonds is 8. The highest BCUT2D eigenvalue weighted by atomic mass is 32.2.